The lowest BCUT2D eigenvalue weighted by Crippen LogP contribution is -2.30. The summed E-state index contributed by atoms with van der Waals surface area (Å²) in [5.41, 5.74) is 0.513. The average molecular weight is 451 g/mol. The van der Waals surface area contributed by atoms with Crippen molar-refractivity contribution >= 4 is 34.5 Å². The summed E-state index contributed by atoms with van der Waals surface area (Å²) in [5, 5.41) is 9.36. The number of para-hydroxylation sites is 2. The minimum atomic E-state index is -1.29. The predicted molar refractivity (Wildman–Crippen MR) is 118 cm³/mol. The fourth-order valence-electron chi connectivity index (χ4n) is 4.01. The number of halogens is 2. The summed E-state index contributed by atoms with van der Waals surface area (Å²) >= 11 is 6.39. The largest absolute Gasteiger partial charge is 0.478 e. The highest BCUT2D eigenvalue weighted by Crippen LogP contribution is 2.43. The molecule has 3 aromatic carbocycles. The Morgan fingerprint density at radius 2 is 1.72 bits per heavy atom. The molecule has 1 saturated carbocycles. The zero-order valence-electron chi connectivity index (χ0n) is 16.6. The summed E-state index contributed by atoms with van der Waals surface area (Å²) in [6.07, 6.45) is 1.89. The van der Waals surface area contributed by atoms with E-state index in [1.54, 1.807) is 36.4 Å². The minimum absolute atomic E-state index is 0.149. The van der Waals surface area contributed by atoms with E-state index in [0.29, 0.717) is 11.0 Å². The van der Waals surface area contributed by atoms with Crippen molar-refractivity contribution in [2.45, 2.75) is 18.8 Å². The van der Waals surface area contributed by atoms with Crippen LogP contribution in [0.2, 0.25) is 5.02 Å². The van der Waals surface area contributed by atoms with Gasteiger partial charge in [0.2, 0.25) is 0 Å². The summed E-state index contributed by atoms with van der Waals surface area (Å²) in [6.45, 7) is 0. The third-order valence-electron chi connectivity index (χ3n) is 5.66. The van der Waals surface area contributed by atoms with Gasteiger partial charge in [0.1, 0.15) is 5.82 Å². The van der Waals surface area contributed by atoms with Crippen molar-refractivity contribution < 1.29 is 19.1 Å². The summed E-state index contributed by atoms with van der Waals surface area (Å²) in [7, 11) is 0. The van der Waals surface area contributed by atoms with Crippen molar-refractivity contribution in [3.63, 3.8) is 0 Å². The number of carbonyl (C=O) groups excluding carboxylic acids is 1. The molecule has 160 valence electrons. The molecule has 6 nitrogen and oxygen atoms in total. The standard InChI is InChI=1S/C24H16ClFN2O4/c25-16-5-3-4-15(13-8-9-13)21(16)22(29)28-20-7-2-1-6-19(20)27(24(28)32)18-11-10-14(23(30)31)12-17(18)26/h1-7,10-13H,8-9H2,(H,30,31). The molecule has 0 radical (unpaired) electrons. The highest BCUT2D eigenvalue weighted by Gasteiger charge is 2.31. The average Bonchev–Trinajstić information content (AvgIpc) is 3.57. The van der Waals surface area contributed by atoms with Crippen molar-refractivity contribution in [2.24, 2.45) is 0 Å². The number of aromatic carboxylic acids is 1. The Hall–Kier alpha value is -3.71. The van der Waals surface area contributed by atoms with Gasteiger partial charge in [0.15, 0.2) is 0 Å². The quantitative estimate of drug-likeness (QED) is 0.482. The molecule has 5 rings (SSSR count). The fraction of sp³-hybridized carbons (Fsp3) is 0.125. The van der Waals surface area contributed by atoms with Crippen LogP contribution in [0.25, 0.3) is 16.7 Å². The number of carboxylic acid groups (broad SMARTS) is 1. The van der Waals surface area contributed by atoms with Gasteiger partial charge >= 0.3 is 11.7 Å². The Morgan fingerprint density at radius 1 is 1.00 bits per heavy atom. The predicted octanol–water partition coefficient (Wildman–Crippen LogP) is 4.85. The van der Waals surface area contributed by atoms with Crippen LogP contribution in [0.3, 0.4) is 0 Å². The van der Waals surface area contributed by atoms with Crippen LogP contribution in [0.1, 0.15) is 45.0 Å². The number of carbonyl (C=O) groups is 2. The second-order valence-electron chi connectivity index (χ2n) is 7.70. The SMILES string of the molecule is O=C(O)c1ccc(-n2c(=O)n(C(=O)c3c(Cl)cccc3C3CC3)c3ccccc32)c(F)c1. The first-order valence-electron chi connectivity index (χ1n) is 9.97. The Kier molecular flexibility index (Phi) is 4.71. The van der Waals surface area contributed by atoms with Gasteiger partial charge < -0.3 is 5.11 Å². The molecule has 8 heteroatoms. The Labute approximate surface area is 186 Å². The van der Waals surface area contributed by atoms with Crippen LogP contribution >= 0.6 is 11.6 Å². The lowest BCUT2D eigenvalue weighted by molar-refractivity contribution is 0.0696. The molecular weight excluding hydrogens is 435 g/mol. The molecule has 1 aliphatic rings. The molecule has 1 heterocycles. The number of benzene rings is 3. The fourth-order valence-corrected chi connectivity index (χ4v) is 4.27. The van der Waals surface area contributed by atoms with Gasteiger partial charge in [0, 0.05) is 0 Å². The van der Waals surface area contributed by atoms with Crippen LogP contribution in [0.15, 0.2) is 65.5 Å². The molecule has 0 amide bonds. The van der Waals surface area contributed by atoms with E-state index >= 15 is 0 Å². The van der Waals surface area contributed by atoms with E-state index in [4.69, 9.17) is 16.7 Å². The number of rotatable bonds is 4. The van der Waals surface area contributed by atoms with Crippen LogP contribution in [0.5, 0.6) is 0 Å². The van der Waals surface area contributed by atoms with E-state index in [9.17, 15) is 18.8 Å². The molecule has 0 unspecified atom stereocenters. The van der Waals surface area contributed by atoms with Crippen LogP contribution in [0, 0.1) is 5.82 Å². The molecule has 1 aliphatic carbocycles. The first kappa shape index (κ1) is 20.2. The second-order valence-corrected chi connectivity index (χ2v) is 8.10. The number of fused-ring (bicyclic) bond motifs is 1. The third-order valence-corrected chi connectivity index (χ3v) is 5.98. The first-order chi connectivity index (χ1) is 15.4. The third kappa shape index (κ3) is 3.13. The molecule has 0 spiro atoms. The van der Waals surface area contributed by atoms with Gasteiger partial charge in [-0.05, 0) is 60.7 Å². The normalized spacial score (nSPS) is 13.4. The van der Waals surface area contributed by atoms with Crippen molar-refractivity contribution in [1.29, 1.82) is 0 Å². The Morgan fingerprint density at radius 3 is 2.38 bits per heavy atom. The van der Waals surface area contributed by atoms with Gasteiger partial charge in [0.05, 0.1) is 32.9 Å². The Balaban J connectivity index is 1.76. The van der Waals surface area contributed by atoms with E-state index in [1.165, 1.54) is 12.1 Å². The van der Waals surface area contributed by atoms with Crippen molar-refractivity contribution in [1.82, 2.24) is 9.13 Å². The molecule has 1 aromatic heterocycles. The molecule has 0 atom stereocenters. The molecule has 0 aliphatic heterocycles. The lowest BCUT2D eigenvalue weighted by atomic mass is 10.0. The highest BCUT2D eigenvalue weighted by molar-refractivity contribution is 6.34. The molecule has 1 N–H and O–H groups in total. The second kappa shape index (κ2) is 7.46. The van der Waals surface area contributed by atoms with E-state index in [0.717, 1.165) is 33.6 Å². The van der Waals surface area contributed by atoms with Crippen molar-refractivity contribution in [3.05, 3.63) is 98.7 Å². The lowest BCUT2D eigenvalue weighted by Gasteiger charge is -2.10. The summed E-state index contributed by atoms with van der Waals surface area (Å²) < 4.78 is 16.9. The summed E-state index contributed by atoms with van der Waals surface area (Å²) in [6, 6.07) is 15.0. The maximum atomic E-state index is 14.8. The number of carboxylic acids is 1. The number of aromatic nitrogens is 2. The van der Waals surface area contributed by atoms with Crippen LogP contribution in [0.4, 0.5) is 4.39 Å². The van der Waals surface area contributed by atoms with Gasteiger partial charge in [-0.2, -0.15) is 0 Å². The topological polar surface area (TPSA) is 81.3 Å². The van der Waals surface area contributed by atoms with Gasteiger partial charge in [-0.1, -0.05) is 35.9 Å². The maximum absolute atomic E-state index is 14.8. The molecule has 1 fully saturated rings. The zero-order valence-corrected chi connectivity index (χ0v) is 17.3. The highest BCUT2D eigenvalue weighted by atomic mass is 35.5. The van der Waals surface area contributed by atoms with E-state index in [-0.39, 0.29) is 27.8 Å². The summed E-state index contributed by atoms with van der Waals surface area (Å²) in [5.74, 6) is -2.54. The molecule has 0 bridgehead atoms. The van der Waals surface area contributed by atoms with Gasteiger partial charge in [-0.15, -0.1) is 0 Å². The molecule has 0 saturated heterocycles. The summed E-state index contributed by atoms with van der Waals surface area (Å²) in [4.78, 5) is 38.2. The van der Waals surface area contributed by atoms with E-state index in [2.05, 4.69) is 0 Å². The minimum Gasteiger partial charge on any atom is -0.478 e. The van der Waals surface area contributed by atoms with Crippen LogP contribution in [-0.2, 0) is 0 Å². The molecule has 32 heavy (non-hydrogen) atoms. The molecular formula is C24H16ClFN2O4. The van der Waals surface area contributed by atoms with Crippen molar-refractivity contribution in [2.75, 3.05) is 0 Å². The van der Waals surface area contributed by atoms with Crippen LogP contribution < -0.4 is 5.69 Å². The zero-order chi connectivity index (χ0) is 22.6. The van der Waals surface area contributed by atoms with E-state index < -0.39 is 23.4 Å². The van der Waals surface area contributed by atoms with Crippen LogP contribution in [-0.4, -0.2) is 26.1 Å². The first-order valence-corrected chi connectivity index (χ1v) is 10.3. The maximum Gasteiger partial charge on any atom is 0.340 e. The number of hydrogen-bond acceptors (Lipinski definition) is 3. The number of hydrogen-bond donors (Lipinski definition) is 1. The van der Waals surface area contributed by atoms with Gasteiger partial charge in [0.25, 0.3) is 5.91 Å². The number of nitrogens with zero attached hydrogens (tertiary/aromatic N) is 2. The van der Waals surface area contributed by atoms with Gasteiger partial charge in [-0.3, -0.25) is 9.36 Å². The number of imidazole rings is 1. The monoisotopic (exact) mass is 450 g/mol. The van der Waals surface area contributed by atoms with E-state index in [1.807, 2.05) is 6.07 Å². The smallest absolute Gasteiger partial charge is 0.340 e. The molecule has 4 aromatic rings. The Bertz CT molecular complexity index is 1480. The van der Waals surface area contributed by atoms with Gasteiger partial charge in [-0.25, -0.2) is 18.5 Å². The van der Waals surface area contributed by atoms with Crippen molar-refractivity contribution in [3.8, 4) is 5.69 Å².